The van der Waals surface area contributed by atoms with Crippen molar-refractivity contribution in [2.24, 2.45) is 0 Å². The lowest BCUT2D eigenvalue weighted by atomic mass is 9.84. The van der Waals surface area contributed by atoms with E-state index in [9.17, 15) is 14.9 Å². The number of likely N-dealkylation sites (tertiary alicyclic amines) is 1. The Labute approximate surface area is 186 Å². The van der Waals surface area contributed by atoms with E-state index in [1.807, 2.05) is 6.20 Å². The van der Waals surface area contributed by atoms with Gasteiger partial charge in [0.15, 0.2) is 0 Å². The Bertz CT molecular complexity index is 1020. The maximum Gasteiger partial charge on any atom is 0.409 e. The van der Waals surface area contributed by atoms with Crippen LogP contribution in [0.15, 0.2) is 41.1 Å². The van der Waals surface area contributed by atoms with Crippen molar-refractivity contribution in [1.82, 2.24) is 10.2 Å². The first-order chi connectivity index (χ1) is 14.9. The molecule has 31 heavy (non-hydrogen) atoms. The van der Waals surface area contributed by atoms with Gasteiger partial charge in [0, 0.05) is 25.4 Å². The van der Waals surface area contributed by atoms with E-state index in [0.29, 0.717) is 32.5 Å². The number of piperidine rings is 1. The fourth-order valence-electron chi connectivity index (χ4n) is 4.70. The van der Waals surface area contributed by atoms with Gasteiger partial charge in [0.25, 0.3) is 5.69 Å². The molecule has 1 amide bonds. The highest BCUT2D eigenvalue weighted by Gasteiger charge is 2.33. The predicted molar refractivity (Wildman–Crippen MR) is 120 cm³/mol. The van der Waals surface area contributed by atoms with Gasteiger partial charge in [0.1, 0.15) is 5.02 Å². The molecule has 2 aliphatic heterocycles. The molecule has 8 heteroatoms. The summed E-state index contributed by atoms with van der Waals surface area (Å²) in [4.78, 5) is 25.0. The zero-order chi connectivity index (χ0) is 22.1. The molecule has 4 rings (SSSR count). The number of hydrogen-bond acceptors (Lipinski definition) is 5. The lowest BCUT2D eigenvalue weighted by molar-refractivity contribution is -0.384. The molecule has 0 radical (unpaired) electrons. The van der Waals surface area contributed by atoms with Crippen molar-refractivity contribution in [3.63, 3.8) is 0 Å². The van der Waals surface area contributed by atoms with E-state index >= 15 is 0 Å². The molecule has 2 heterocycles. The zero-order valence-electron chi connectivity index (χ0n) is 17.7. The van der Waals surface area contributed by atoms with Crippen LogP contribution in [-0.2, 0) is 11.2 Å². The molecule has 1 aliphatic carbocycles. The predicted octanol–water partition coefficient (Wildman–Crippen LogP) is 5.00. The number of allylic oxidation sites excluding steroid dienone is 2. The van der Waals surface area contributed by atoms with E-state index in [1.54, 1.807) is 24.0 Å². The van der Waals surface area contributed by atoms with Gasteiger partial charge >= 0.3 is 6.09 Å². The van der Waals surface area contributed by atoms with Crippen molar-refractivity contribution in [1.29, 1.82) is 0 Å². The second kappa shape index (κ2) is 8.75. The summed E-state index contributed by atoms with van der Waals surface area (Å²) in [6, 6.07) is 3.35. The largest absolute Gasteiger partial charge is 0.450 e. The average molecular weight is 444 g/mol. The fraction of sp³-hybridized carbons (Fsp3) is 0.435. The van der Waals surface area contributed by atoms with E-state index in [-0.39, 0.29) is 22.8 Å². The fourth-order valence-corrected chi connectivity index (χ4v) is 4.95. The number of nitro benzene ring substituents is 1. The van der Waals surface area contributed by atoms with Gasteiger partial charge in [-0.3, -0.25) is 10.1 Å². The normalized spacial score (nSPS) is 20.6. The second-order valence-electron chi connectivity index (χ2n) is 8.13. The number of carbonyl (C=O) groups excluding carboxylic acids is 1. The lowest BCUT2D eigenvalue weighted by Crippen LogP contribution is -2.38. The molecular weight excluding hydrogens is 418 g/mol. The number of ether oxygens (including phenoxy) is 1. The van der Waals surface area contributed by atoms with Crippen LogP contribution >= 0.6 is 11.6 Å². The first-order valence-corrected chi connectivity index (χ1v) is 11.0. The Kier molecular flexibility index (Phi) is 6.05. The molecule has 1 aromatic rings. The summed E-state index contributed by atoms with van der Waals surface area (Å²) in [6.07, 6.45) is 6.96. The zero-order valence-corrected chi connectivity index (χ0v) is 18.5. The van der Waals surface area contributed by atoms with Crippen molar-refractivity contribution in [2.75, 3.05) is 19.7 Å². The Morgan fingerprint density at radius 1 is 1.29 bits per heavy atom. The van der Waals surface area contributed by atoms with Gasteiger partial charge in [-0.15, -0.1) is 0 Å². The molecule has 164 valence electrons. The molecule has 1 unspecified atom stereocenters. The standard InChI is InChI=1S/C23H26ClN3O4/c1-3-31-23(28)26-8-6-15(7-9-26)21-18-12-20(27(29)30)19(24)11-16(18)4-5-17-10-14(2)13-25-22(17)21/h10-13,22,25H,3-9H2,1-2H3. The van der Waals surface area contributed by atoms with Gasteiger partial charge in [0.2, 0.25) is 0 Å². The van der Waals surface area contributed by atoms with Crippen LogP contribution in [0.5, 0.6) is 0 Å². The van der Waals surface area contributed by atoms with E-state index in [1.165, 1.54) is 11.1 Å². The molecular formula is C23H26ClN3O4. The van der Waals surface area contributed by atoms with Gasteiger partial charge in [0.05, 0.1) is 17.6 Å². The molecule has 7 nitrogen and oxygen atoms in total. The minimum Gasteiger partial charge on any atom is -0.450 e. The number of halogens is 1. The van der Waals surface area contributed by atoms with Gasteiger partial charge in [-0.05, 0) is 73.4 Å². The number of dihydropyridines is 1. The highest BCUT2D eigenvalue weighted by atomic mass is 35.5. The Morgan fingerprint density at radius 3 is 2.71 bits per heavy atom. The molecule has 0 bridgehead atoms. The molecule has 0 saturated carbocycles. The van der Waals surface area contributed by atoms with E-state index in [0.717, 1.165) is 35.1 Å². The summed E-state index contributed by atoms with van der Waals surface area (Å²) in [5.74, 6) is 0. The van der Waals surface area contributed by atoms with Crippen molar-refractivity contribution in [3.05, 3.63) is 67.4 Å². The number of amides is 1. The summed E-state index contributed by atoms with van der Waals surface area (Å²) in [7, 11) is 0. The summed E-state index contributed by atoms with van der Waals surface area (Å²) < 4.78 is 5.14. The number of fused-ring (bicyclic) bond motifs is 2. The van der Waals surface area contributed by atoms with Crippen LogP contribution in [0.3, 0.4) is 0 Å². The lowest BCUT2D eigenvalue weighted by Gasteiger charge is -2.33. The average Bonchev–Trinajstić information content (AvgIpc) is 2.89. The molecule has 1 saturated heterocycles. The smallest absolute Gasteiger partial charge is 0.409 e. The van der Waals surface area contributed by atoms with E-state index < -0.39 is 4.92 Å². The van der Waals surface area contributed by atoms with Gasteiger partial charge in [-0.1, -0.05) is 23.3 Å². The summed E-state index contributed by atoms with van der Waals surface area (Å²) in [6.45, 7) is 5.36. The minimum absolute atomic E-state index is 0.0325. The van der Waals surface area contributed by atoms with Crippen LogP contribution in [-0.4, -0.2) is 41.7 Å². The molecule has 1 N–H and O–H groups in total. The maximum absolute atomic E-state index is 12.1. The van der Waals surface area contributed by atoms with Crippen LogP contribution in [0.1, 0.15) is 44.2 Å². The molecule has 3 aliphatic rings. The van der Waals surface area contributed by atoms with Crippen LogP contribution in [0.2, 0.25) is 5.02 Å². The molecule has 0 aromatic heterocycles. The highest BCUT2D eigenvalue weighted by molar-refractivity contribution is 6.32. The molecule has 0 spiro atoms. The monoisotopic (exact) mass is 443 g/mol. The molecule has 1 aromatic carbocycles. The highest BCUT2D eigenvalue weighted by Crippen LogP contribution is 2.42. The van der Waals surface area contributed by atoms with E-state index in [2.05, 4.69) is 18.3 Å². The number of nitrogens with one attached hydrogen (secondary N) is 1. The van der Waals surface area contributed by atoms with Crippen molar-refractivity contribution in [2.45, 2.75) is 45.6 Å². The van der Waals surface area contributed by atoms with Gasteiger partial charge in [-0.25, -0.2) is 4.79 Å². The summed E-state index contributed by atoms with van der Waals surface area (Å²) in [5.41, 5.74) is 6.58. The van der Waals surface area contributed by atoms with Gasteiger partial charge in [-0.2, -0.15) is 0 Å². The Morgan fingerprint density at radius 2 is 2.03 bits per heavy atom. The third-order valence-electron chi connectivity index (χ3n) is 6.17. The van der Waals surface area contributed by atoms with Crippen LogP contribution in [0, 0.1) is 10.1 Å². The first kappa shape index (κ1) is 21.4. The number of aryl methyl sites for hydroxylation is 1. The first-order valence-electron chi connectivity index (χ1n) is 10.6. The number of nitro groups is 1. The number of rotatable bonds is 2. The Hall–Kier alpha value is -2.80. The third kappa shape index (κ3) is 4.19. The summed E-state index contributed by atoms with van der Waals surface area (Å²) in [5, 5.41) is 15.3. The molecule has 1 fully saturated rings. The number of benzene rings is 1. The molecule has 1 atom stereocenters. The van der Waals surface area contributed by atoms with Crippen LogP contribution < -0.4 is 5.32 Å². The van der Waals surface area contributed by atoms with Crippen LogP contribution in [0.4, 0.5) is 10.5 Å². The van der Waals surface area contributed by atoms with Crippen molar-refractivity contribution in [3.8, 4) is 0 Å². The third-order valence-corrected chi connectivity index (χ3v) is 6.47. The maximum atomic E-state index is 12.1. The summed E-state index contributed by atoms with van der Waals surface area (Å²) >= 11 is 6.25. The number of nitrogens with zero attached hydrogens (tertiary/aromatic N) is 2. The van der Waals surface area contributed by atoms with Crippen molar-refractivity contribution >= 4 is 29.0 Å². The number of hydrogen-bond donors (Lipinski definition) is 1. The van der Waals surface area contributed by atoms with Crippen molar-refractivity contribution < 1.29 is 14.5 Å². The van der Waals surface area contributed by atoms with Gasteiger partial charge < -0.3 is 15.0 Å². The second-order valence-corrected chi connectivity index (χ2v) is 8.54. The van der Waals surface area contributed by atoms with E-state index in [4.69, 9.17) is 16.3 Å². The Balaban J connectivity index is 1.79. The van der Waals surface area contributed by atoms with Crippen LogP contribution in [0.25, 0.3) is 5.57 Å². The SMILES string of the molecule is CCOC(=O)N1CCC(=C2c3cc([N+](=O)[O-])c(Cl)cc3CCC3=CC(C)=CNC32)CC1. The topological polar surface area (TPSA) is 84.7 Å². The quantitative estimate of drug-likeness (QED) is 0.513. The minimum atomic E-state index is -0.422. The number of carbonyl (C=O) groups is 1.